The molecule has 1 aliphatic rings. The average Bonchev–Trinajstić information content (AvgIpc) is 2.69. The van der Waals surface area contributed by atoms with Gasteiger partial charge in [0.25, 0.3) is 6.01 Å². The van der Waals surface area contributed by atoms with E-state index in [0.717, 1.165) is 11.1 Å². The van der Waals surface area contributed by atoms with Crippen molar-refractivity contribution in [2.75, 3.05) is 18.0 Å². The van der Waals surface area contributed by atoms with Crippen LogP contribution in [0.4, 0.5) is 6.01 Å². The number of oxazole rings is 1. The Bertz CT molecular complexity index is 554. The van der Waals surface area contributed by atoms with Gasteiger partial charge in [0.2, 0.25) is 0 Å². The van der Waals surface area contributed by atoms with Gasteiger partial charge in [0.05, 0.1) is 5.92 Å². The summed E-state index contributed by atoms with van der Waals surface area (Å²) >= 11 is 0. The molecule has 1 aromatic heterocycles. The van der Waals surface area contributed by atoms with Crippen LogP contribution in [0, 0.1) is 11.8 Å². The summed E-state index contributed by atoms with van der Waals surface area (Å²) in [5.74, 6) is -0.875. The Labute approximate surface area is 104 Å². The molecule has 2 heterocycles. The lowest BCUT2D eigenvalue weighted by Gasteiger charge is -2.40. The van der Waals surface area contributed by atoms with E-state index in [2.05, 4.69) is 4.98 Å². The molecule has 0 bridgehead atoms. The molecule has 5 heteroatoms. The highest BCUT2D eigenvalue weighted by molar-refractivity contribution is 5.74. The zero-order valence-electron chi connectivity index (χ0n) is 10.0. The maximum absolute atomic E-state index is 10.9. The first-order valence-corrected chi connectivity index (χ1v) is 5.98. The number of rotatable bonds is 3. The highest BCUT2D eigenvalue weighted by atomic mass is 16.4. The van der Waals surface area contributed by atoms with Crippen molar-refractivity contribution in [1.82, 2.24) is 4.98 Å². The Hall–Kier alpha value is -2.04. The van der Waals surface area contributed by atoms with Crippen molar-refractivity contribution in [3.8, 4) is 0 Å². The summed E-state index contributed by atoms with van der Waals surface area (Å²) in [6.45, 7) is 3.14. The van der Waals surface area contributed by atoms with Gasteiger partial charge in [-0.2, -0.15) is 4.98 Å². The minimum absolute atomic E-state index is 0.178. The highest BCUT2D eigenvalue weighted by Gasteiger charge is 2.36. The lowest BCUT2D eigenvalue weighted by molar-refractivity contribution is -0.143. The Balaban J connectivity index is 1.73. The standard InChI is InChI=1S/C13H14N2O3/c1-8(12(16)17)9-6-15(7-9)13-14-10-4-2-3-5-11(10)18-13/h2-5,8-9H,6-7H2,1H3,(H,16,17). The predicted molar refractivity (Wildman–Crippen MR) is 66.5 cm³/mol. The second-order valence-electron chi connectivity index (χ2n) is 4.76. The van der Waals surface area contributed by atoms with E-state index in [-0.39, 0.29) is 11.8 Å². The first kappa shape index (κ1) is 11.1. The molecule has 0 radical (unpaired) electrons. The third kappa shape index (κ3) is 1.72. The molecule has 1 N–H and O–H groups in total. The number of carboxylic acids is 1. The summed E-state index contributed by atoms with van der Waals surface area (Å²) in [6, 6.07) is 8.19. The van der Waals surface area contributed by atoms with Crippen LogP contribution in [-0.2, 0) is 4.79 Å². The van der Waals surface area contributed by atoms with E-state index in [0.29, 0.717) is 19.1 Å². The Morgan fingerprint density at radius 2 is 2.22 bits per heavy atom. The molecule has 0 spiro atoms. The summed E-state index contributed by atoms with van der Waals surface area (Å²) in [4.78, 5) is 17.2. The molecule has 0 saturated carbocycles. The van der Waals surface area contributed by atoms with Gasteiger partial charge in [-0.3, -0.25) is 4.79 Å². The molecule has 1 unspecified atom stereocenters. The number of hydrogen-bond donors (Lipinski definition) is 1. The topological polar surface area (TPSA) is 66.6 Å². The minimum Gasteiger partial charge on any atom is -0.481 e. The van der Waals surface area contributed by atoms with Crippen LogP contribution in [0.3, 0.4) is 0 Å². The fourth-order valence-corrected chi connectivity index (χ4v) is 2.18. The van der Waals surface area contributed by atoms with E-state index in [9.17, 15) is 4.79 Å². The van der Waals surface area contributed by atoms with Gasteiger partial charge in [-0.15, -0.1) is 0 Å². The summed E-state index contributed by atoms with van der Waals surface area (Å²) in [5.41, 5.74) is 1.60. The van der Waals surface area contributed by atoms with Gasteiger partial charge in [0.1, 0.15) is 5.52 Å². The fourth-order valence-electron chi connectivity index (χ4n) is 2.18. The zero-order chi connectivity index (χ0) is 12.7. The van der Waals surface area contributed by atoms with Gasteiger partial charge < -0.3 is 14.4 Å². The van der Waals surface area contributed by atoms with Crippen molar-refractivity contribution in [2.24, 2.45) is 11.8 Å². The number of aromatic nitrogens is 1. The predicted octanol–water partition coefficient (Wildman–Crippen LogP) is 1.98. The molecule has 1 aliphatic heterocycles. The number of anilines is 1. The van der Waals surface area contributed by atoms with Gasteiger partial charge in [-0.05, 0) is 12.1 Å². The van der Waals surface area contributed by atoms with E-state index in [1.54, 1.807) is 6.92 Å². The molecule has 0 amide bonds. The zero-order valence-corrected chi connectivity index (χ0v) is 10.0. The van der Waals surface area contributed by atoms with Crippen LogP contribution in [0.25, 0.3) is 11.1 Å². The van der Waals surface area contributed by atoms with Crippen molar-refractivity contribution >= 4 is 23.1 Å². The fraction of sp³-hybridized carbons (Fsp3) is 0.385. The SMILES string of the molecule is CC(C(=O)O)C1CN(c2nc3ccccc3o2)C1. The molecule has 94 valence electrons. The number of fused-ring (bicyclic) bond motifs is 1. The number of aliphatic carboxylic acids is 1. The van der Waals surface area contributed by atoms with E-state index in [4.69, 9.17) is 9.52 Å². The summed E-state index contributed by atoms with van der Waals surface area (Å²) in [6.07, 6.45) is 0. The lowest BCUT2D eigenvalue weighted by Crippen LogP contribution is -2.51. The number of para-hydroxylation sites is 2. The monoisotopic (exact) mass is 246 g/mol. The largest absolute Gasteiger partial charge is 0.481 e. The van der Waals surface area contributed by atoms with Crippen molar-refractivity contribution < 1.29 is 14.3 Å². The summed E-state index contributed by atoms with van der Waals surface area (Å²) in [5, 5.41) is 8.93. The molecule has 2 aromatic rings. The molecule has 1 atom stereocenters. The third-order valence-electron chi connectivity index (χ3n) is 3.56. The van der Waals surface area contributed by atoms with Crippen molar-refractivity contribution in [3.05, 3.63) is 24.3 Å². The van der Waals surface area contributed by atoms with E-state index >= 15 is 0 Å². The van der Waals surface area contributed by atoms with Gasteiger partial charge >= 0.3 is 5.97 Å². The van der Waals surface area contributed by atoms with Gasteiger partial charge in [-0.25, -0.2) is 0 Å². The van der Waals surface area contributed by atoms with Crippen LogP contribution in [0.2, 0.25) is 0 Å². The summed E-state index contributed by atoms with van der Waals surface area (Å²) in [7, 11) is 0. The van der Waals surface area contributed by atoms with Crippen LogP contribution >= 0.6 is 0 Å². The molecule has 1 saturated heterocycles. The van der Waals surface area contributed by atoms with E-state index in [1.807, 2.05) is 29.2 Å². The quantitative estimate of drug-likeness (QED) is 0.897. The van der Waals surface area contributed by atoms with Crippen LogP contribution in [-0.4, -0.2) is 29.1 Å². The Morgan fingerprint density at radius 1 is 1.50 bits per heavy atom. The maximum atomic E-state index is 10.9. The lowest BCUT2D eigenvalue weighted by atomic mass is 9.87. The second kappa shape index (κ2) is 4.01. The summed E-state index contributed by atoms with van der Waals surface area (Å²) < 4.78 is 5.63. The smallest absolute Gasteiger partial charge is 0.306 e. The van der Waals surface area contributed by atoms with Crippen LogP contribution in [0.5, 0.6) is 0 Å². The first-order chi connectivity index (χ1) is 8.65. The number of benzene rings is 1. The van der Waals surface area contributed by atoms with Gasteiger partial charge in [0, 0.05) is 19.0 Å². The van der Waals surface area contributed by atoms with Crippen molar-refractivity contribution in [3.63, 3.8) is 0 Å². The van der Waals surface area contributed by atoms with Gasteiger partial charge in [-0.1, -0.05) is 19.1 Å². The molecule has 0 aliphatic carbocycles. The molecule has 1 fully saturated rings. The number of nitrogens with zero attached hydrogens (tertiary/aromatic N) is 2. The Morgan fingerprint density at radius 3 is 2.89 bits per heavy atom. The molecule has 1 aromatic carbocycles. The van der Waals surface area contributed by atoms with E-state index < -0.39 is 5.97 Å². The second-order valence-corrected chi connectivity index (χ2v) is 4.76. The van der Waals surface area contributed by atoms with Crippen LogP contribution in [0.1, 0.15) is 6.92 Å². The van der Waals surface area contributed by atoms with E-state index in [1.165, 1.54) is 0 Å². The normalized spacial score (nSPS) is 17.7. The van der Waals surface area contributed by atoms with Crippen LogP contribution < -0.4 is 4.90 Å². The highest BCUT2D eigenvalue weighted by Crippen LogP contribution is 2.30. The number of hydrogen-bond acceptors (Lipinski definition) is 4. The number of carboxylic acid groups (broad SMARTS) is 1. The minimum atomic E-state index is -0.739. The molecule has 5 nitrogen and oxygen atoms in total. The van der Waals surface area contributed by atoms with Crippen LogP contribution in [0.15, 0.2) is 28.7 Å². The van der Waals surface area contributed by atoms with Crippen molar-refractivity contribution in [2.45, 2.75) is 6.92 Å². The average molecular weight is 246 g/mol. The third-order valence-corrected chi connectivity index (χ3v) is 3.56. The molecule has 18 heavy (non-hydrogen) atoms. The van der Waals surface area contributed by atoms with Gasteiger partial charge in [0.15, 0.2) is 5.58 Å². The number of carbonyl (C=O) groups is 1. The van der Waals surface area contributed by atoms with Crippen molar-refractivity contribution in [1.29, 1.82) is 0 Å². The first-order valence-electron chi connectivity index (χ1n) is 5.98. The molecular weight excluding hydrogens is 232 g/mol. The maximum Gasteiger partial charge on any atom is 0.306 e. The molecule has 3 rings (SSSR count). The molecular formula is C13H14N2O3. The Kier molecular flexibility index (Phi) is 2.47.